The molecule has 9 heteroatoms. The van der Waals surface area contributed by atoms with Crippen molar-refractivity contribution < 1.29 is 19.3 Å². The van der Waals surface area contributed by atoms with Crippen molar-refractivity contribution in [2.24, 2.45) is 0 Å². The molecule has 0 aliphatic carbocycles. The molecule has 0 unspecified atom stereocenters. The van der Waals surface area contributed by atoms with Crippen LogP contribution in [0.3, 0.4) is 0 Å². The van der Waals surface area contributed by atoms with Crippen molar-refractivity contribution in [2.75, 3.05) is 13.7 Å². The molecule has 0 amide bonds. The van der Waals surface area contributed by atoms with Gasteiger partial charge in [0.2, 0.25) is 5.88 Å². The Kier molecular flexibility index (Phi) is 4.63. The van der Waals surface area contributed by atoms with Crippen LogP contribution < -0.4 is 15.0 Å². The lowest BCUT2D eigenvalue weighted by atomic mass is 10.1. The third kappa shape index (κ3) is 3.08. The van der Waals surface area contributed by atoms with E-state index in [1.165, 1.54) is 11.5 Å². The fraction of sp³-hybridized carbons (Fsp3) is 0.348. The number of rotatable bonds is 2. The maximum Gasteiger partial charge on any atom is 0.268 e. The minimum atomic E-state index is -0.138. The summed E-state index contributed by atoms with van der Waals surface area (Å²) in [5.41, 5.74) is 3.15. The third-order valence-corrected chi connectivity index (χ3v) is 7.21. The molecule has 6 rings (SSSR count). The Hall–Kier alpha value is -3.01. The van der Waals surface area contributed by atoms with Crippen LogP contribution in [-0.2, 0) is 17.9 Å². The van der Waals surface area contributed by atoms with Gasteiger partial charge in [-0.15, -0.1) is 0 Å². The van der Waals surface area contributed by atoms with Crippen molar-refractivity contribution in [1.82, 2.24) is 13.9 Å². The summed E-state index contributed by atoms with van der Waals surface area (Å²) in [4.78, 5) is 22.7. The molecule has 4 aromatic rings. The highest BCUT2D eigenvalue weighted by Gasteiger charge is 2.28. The molecule has 0 saturated carbocycles. The molecule has 2 aromatic heterocycles. The van der Waals surface area contributed by atoms with Gasteiger partial charge >= 0.3 is 0 Å². The van der Waals surface area contributed by atoms with E-state index in [0.717, 1.165) is 23.1 Å². The number of aromatic nitrogens is 3. The van der Waals surface area contributed by atoms with Crippen molar-refractivity contribution in [3.05, 3.63) is 46.2 Å². The minimum Gasteiger partial charge on any atom is -0.489 e. The summed E-state index contributed by atoms with van der Waals surface area (Å²) < 4.78 is 20.5. The van der Waals surface area contributed by atoms with Gasteiger partial charge in [-0.2, -0.15) is 0 Å². The van der Waals surface area contributed by atoms with Crippen LogP contribution in [0.1, 0.15) is 18.4 Å². The van der Waals surface area contributed by atoms with E-state index in [0.29, 0.717) is 52.5 Å². The topological polar surface area (TPSA) is 95.7 Å². The van der Waals surface area contributed by atoms with Crippen LogP contribution in [0.25, 0.3) is 32.4 Å². The molecule has 32 heavy (non-hydrogen) atoms. The normalized spacial score (nSPS) is 20.1. The fourth-order valence-electron chi connectivity index (χ4n) is 4.49. The minimum absolute atomic E-state index is 0.0222. The van der Waals surface area contributed by atoms with Gasteiger partial charge in [-0.05, 0) is 36.6 Å². The van der Waals surface area contributed by atoms with Gasteiger partial charge in [0.25, 0.3) is 5.56 Å². The average molecular weight is 452 g/mol. The smallest absolute Gasteiger partial charge is 0.268 e. The monoisotopic (exact) mass is 451 g/mol. The lowest BCUT2D eigenvalue weighted by molar-refractivity contribution is 0.0119. The first-order valence-electron chi connectivity index (χ1n) is 10.6. The quantitative estimate of drug-likeness (QED) is 0.500. The number of hydrogen-bond donors (Lipinski definition) is 1. The van der Waals surface area contributed by atoms with E-state index in [2.05, 4.69) is 4.98 Å². The molecule has 2 atom stereocenters. The van der Waals surface area contributed by atoms with Gasteiger partial charge in [-0.3, -0.25) is 8.75 Å². The Bertz CT molecular complexity index is 1410. The molecule has 1 fully saturated rings. The molecular formula is C23H21N3O5S. The van der Waals surface area contributed by atoms with Crippen LogP contribution in [-0.4, -0.2) is 45.0 Å². The largest absolute Gasteiger partial charge is 0.489 e. The van der Waals surface area contributed by atoms with E-state index >= 15 is 0 Å². The maximum atomic E-state index is 13.1. The number of benzene rings is 2. The molecule has 164 valence electrons. The lowest BCUT2D eigenvalue weighted by Crippen LogP contribution is -2.24. The molecule has 2 aliphatic heterocycles. The summed E-state index contributed by atoms with van der Waals surface area (Å²) in [5, 5.41) is 10.4. The van der Waals surface area contributed by atoms with Crippen LogP contribution in [0.5, 0.6) is 11.6 Å². The number of methoxy groups -OCH3 is 1. The van der Waals surface area contributed by atoms with Crippen molar-refractivity contribution in [1.29, 1.82) is 0 Å². The van der Waals surface area contributed by atoms with Crippen molar-refractivity contribution in [3.8, 4) is 22.9 Å². The first-order valence-corrected chi connectivity index (χ1v) is 11.3. The molecule has 6 bridgehead atoms. The fourth-order valence-corrected chi connectivity index (χ4v) is 5.65. The van der Waals surface area contributed by atoms with E-state index in [1.54, 1.807) is 23.2 Å². The highest BCUT2D eigenvalue weighted by molar-refractivity contribution is 7.14. The second-order valence-corrected chi connectivity index (χ2v) is 9.14. The number of aliphatic hydroxyl groups is 1. The summed E-state index contributed by atoms with van der Waals surface area (Å²) in [5.74, 6) is 0.902. The van der Waals surface area contributed by atoms with Crippen molar-refractivity contribution in [3.63, 3.8) is 0 Å². The van der Waals surface area contributed by atoms with Crippen LogP contribution in [0.2, 0.25) is 0 Å². The molecule has 2 aliphatic rings. The standard InChI is InChI=1S/C23H21N3O5S/c1-29-22-19-15-3-2-4-16-21(15)32-26(23(16)28)9-13-5-6-14(31-13)11-30-18-8-12(10-27)7-17(24-22)20(18)25-19/h2-4,7-8,13-14,27H,5-6,9-11H2,1H3/t13-,14+/m0/s1. The average Bonchev–Trinajstić information content (AvgIpc) is 3.40. The number of aliphatic hydroxyl groups excluding tert-OH is 1. The number of fused-ring (bicyclic) bond motifs is 5. The molecule has 2 aromatic carbocycles. The Labute approximate surface area is 187 Å². The third-order valence-electron chi connectivity index (χ3n) is 6.06. The van der Waals surface area contributed by atoms with E-state index in [4.69, 9.17) is 19.2 Å². The summed E-state index contributed by atoms with van der Waals surface area (Å²) in [6.45, 7) is 0.742. The molecule has 0 spiro atoms. The zero-order chi connectivity index (χ0) is 21.8. The van der Waals surface area contributed by atoms with Crippen molar-refractivity contribution in [2.45, 2.75) is 38.2 Å². The van der Waals surface area contributed by atoms with Gasteiger partial charge < -0.3 is 19.3 Å². The zero-order valence-electron chi connectivity index (χ0n) is 17.4. The second-order valence-electron chi connectivity index (χ2n) is 8.11. The number of nitrogens with zero attached hydrogens (tertiary/aromatic N) is 3. The van der Waals surface area contributed by atoms with Gasteiger partial charge in [-0.25, -0.2) is 9.97 Å². The number of ether oxygens (including phenoxy) is 3. The molecular weight excluding hydrogens is 430 g/mol. The second kappa shape index (κ2) is 7.54. The molecule has 4 heterocycles. The summed E-state index contributed by atoms with van der Waals surface area (Å²) in [6.07, 6.45) is 1.63. The van der Waals surface area contributed by atoms with Crippen molar-refractivity contribution >= 4 is 32.7 Å². The molecule has 1 N–H and O–H groups in total. The van der Waals surface area contributed by atoms with E-state index < -0.39 is 0 Å². The first-order chi connectivity index (χ1) is 15.6. The zero-order valence-corrected chi connectivity index (χ0v) is 18.2. The van der Waals surface area contributed by atoms with E-state index in [-0.39, 0.29) is 24.4 Å². The number of hydrogen-bond acceptors (Lipinski definition) is 8. The predicted octanol–water partition coefficient (Wildman–Crippen LogP) is 3.11. The van der Waals surface area contributed by atoms with E-state index in [1.807, 2.05) is 18.2 Å². The Morgan fingerprint density at radius 3 is 2.97 bits per heavy atom. The van der Waals surface area contributed by atoms with Gasteiger partial charge in [0.15, 0.2) is 0 Å². The predicted molar refractivity (Wildman–Crippen MR) is 120 cm³/mol. The van der Waals surface area contributed by atoms with Crippen LogP contribution in [0.15, 0.2) is 35.1 Å². The highest BCUT2D eigenvalue weighted by Crippen LogP contribution is 2.38. The SMILES string of the molecule is COc1nc2cc(CO)cc3c2nc1-c1cccc2c(=O)n(sc12)C[C@@H]1CC[C@H](CO3)O1. The van der Waals surface area contributed by atoms with Crippen LogP contribution >= 0.6 is 11.5 Å². The Morgan fingerprint density at radius 1 is 1.25 bits per heavy atom. The van der Waals surface area contributed by atoms with Gasteiger partial charge in [0.05, 0.1) is 48.1 Å². The molecule has 8 nitrogen and oxygen atoms in total. The summed E-state index contributed by atoms with van der Waals surface area (Å²) in [7, 11) is 1.55. The summed E-state index contributed by atoms with van der Waals surface area (Å²) >= 11 is 1.42. The van der Waals surface area contributed by atoms with E-state index in [9.17, 15) is 9.90 Å². The Morgan fingerprint density at radius 2 is 2.12 bits per heavy atom. The summed E-state index contributed by atoms with van der Waals surface area (Å²) in [6, 6.07) is 9.20. The first kappa shape index (κ1) is 19.7. The molecule has 1 saturated heterocycles. The Balaban J connectivity index is 1.67. The van der Waals surface area contributed by atoms with Gasteiger partial charge in [0.1, 0.15) is 23.6 Å². The van der Waals surface area contributed by atoms with Crippen LogP contribution in [0, 0.1) is 0 Å². The maximum absolute atomic E-state index is 13.1. The highest BCUT2D eigenvalue weighted by atomic mass is 32.1. The van der Waals surface area contributed by atoms with Crippen LogP contribution in [0.4, 0.5) is 0 Å². The van der Waals surface area contributed by atoms with Gasteiger partial charge in [-0.1, -0.05) is 23.7 Å². The molecule has 0 radical (unpaired) electrons. The lowest BCUT2D eigenvalue weighted by Gasteiger charge is -2.17. The van der Waals surface area contributed by atoms with Gasteiger partial charge in [0, 0.05) is 5.56 Å².